The van der Waals surface area contributed by atoms with Gasteiger partial charge in [-0.3, -0.25) is 9.78 Å². The normalized spacial score (nSPS) is 10.4. The molecule has 0 amide bonds. The fraction of sp³-hybridized carbons (Fsp3) is 0.143. The molecule has 0 atom stereocenters. The van der Waals surface area contributed by atoms with Crippen LogP contribution in [0.3, 0.4) is 0 Å². The van der Waals surface area contributed by atoms with Gasteiger partial charge < -0.3 is 0 Å². The number of nitrogens with zero attached hydrogens (tertiary/aromatic N) is 1. The van der Waals surface area contributed by atoms with Crippen LogP contribution >= 0.6 is 15.9 Å². The Morgan fingerprint density at radius 3 is 2.56 bits per heavy atom. The summed E-state index contributed by atoms with van der Waals surface area (Å²) in [4.78, 5) is 16.5. The van der Waals surface area contributed by atoms with Gasteiger partial charge in [-0.15, -0.1) is 0 Å². The van der Waals surface area contributed by atoms with E-state index in [0.29, 0.717) is 11.3 Å². The lowest BCUT2D eigenvalue weighted by Gasteiger charge is -2.07. The van der Waals surface area contributed by atoms with Crippen LogP contribution in [0.4, 0.5) is 4.39 Å². The molecule has 0 N–H and O–H groups in total. The minimum atomic E-state index is -0.539. The Hall–Kier alpha value is -1.55. The van der Waals surface area contributed by atoms with E-state index >= 15 is 0 Å². The molecule has 1 aromatic heterocycles. The monoisotopic (exact) mass is 307 g/mol. The van der Waals surface area contributed by atoms with Crippen LogP contribution in [0.1, 0.15) is 27.3 Å². The Balaban J connectivity index is 2.51. The molecule has 0 radical (unpaired) electrons. The molecule has 0 saturated heterocycles. The summed E-state index contributed by atoms with van der Waals surface area (Å²) >= 11 is 3.07. The van der Waals surface area contributed by atoms with Crippen LogP contribution in [0.15, 0.2) is 34.8 Å². The molecular formula is C14H11BrFNO. The number of hydrogen-bond donors (Lipinski definition) is 0. The lowest BCUT2D eigenvalue weighted by atomic mass is 10.0. The highest BCUT2D eigenvalue weighted by Gasteiger charge is 2.17. The van der Waals surface area contributed by atoms with E-state index in [9.17, 15) is 9.18 Å². The third kappa shape index (κ3) is 2.34. The van der Waals surface area contributed by atoms with Crippen molar-refractivity contribution in [1.29, 1.82) is 0 Å². The Bertz CT molecular complexity index is 625. The van der Waals surface area contributed by atoms with E-state index in [-0.39, 0.29) is 15.8 Å². The highest BCUT2D eigenvalue weighted by atomic mass is 79.9. The molecule has 0 unspecified atom stereocenters. The lowest BCUT2D eigenvalue weighted by Crippen LogP contribution is -2.08. The van der Waals surface area contributed by atoms with E-state index in [1.165, 1.54) is 6.07 Å². The number of aromatic nitrogens is 1. The zero-order valence-corrected chi connectivity index (χ0v) is 11.6. The van der Waals surface area contributed by atoms with Crippen molar-refractivity contribution in [2.45, 2.75) is 13.8 Å². The first-order chi connectivity index (χ1) is 8.50. The third-order valence-corrected chi connectivity index (χ3v) is 3.28. The Morgan fingerprint density at radius 1 is 1.17 bits per heavy atom. The molecule has 4 heteroatoms. The van der Waals surface area contributed by atoms with Crippen LogP contribution < -0.4 is 0 Å². The first-order valence-corrected chi connectivity index (χ1v) is 6.23. The topological polar surface area (TPSA) is 30.0 Å². The number of rotatable bonds is 2. The van der Waals surface area contributed by atoms with E-state index in [2.05, 4.69) is 20.9 Å². The van der Waals surface area contributed by atoms with Crippen molar-refractivity contribution in [1.82, 2.24) is 4.98 Å². The molecule has 0 saturated carbocycles. The molecule has 0 spiro atoms. The maximum atomic E-state index is 13.9. The largest absolute Gasteiger partial charge is 0.288 e. The highest BCUT2D eigenvalue weighted by molar-refractivity contribution is 9.10. The average molecular weight is 308 g/mol. The van der Waals surface area contributed by atoms with Crippen molar-refractivity contribution < 1.29 is 9.18 Å². The van der Waals surface area contributed by atoms with Gasteiger partial charge in [0.25, 0.3) is 0 Å². The number of pyridine rings is 1. The molecule has 0 aliphatic rings. The molecular weight excluding hydrogens is 297 g/mol. The maximum Gasteiger partial charge on any atom is 0.197 e. The van der Waals surface area contributed by atoms with Crippen LogP contribution in [-0.2, 0) is 0 Å². The predicted octanol–water partition coefficient (Wildman–Crippen LogP) is 3.83. The summed E-state index contributed by atoms with van der Waals surface area (Å²) in [6.45, 7) is 3.59. The minimum Gasteiger partial charge on any atom is -0.288 e. The van der Waals surface area contributed by atoms with Crippen molar-refractivity contribution in [3.63, 3.8) is 0 Å². The zero-order chi connectivity index (χ0) is 13.3. The molecule has 1 aromatic carbocycles. The summed E-state index contributed by atoms with van der Waals surface area (Å²) in [5.41, 5.74) is 1.92. The summed E-state index contributed by atoms with van der Waals surface area (Å²) in [5.74, 6) is -0.888. The number of hydrogen-bond acceptors (Lipinski definition) is 2. The summed E-state index contributed by atoms with van der Waals surface area (Å²) in [6.07, 6.45) is 0. The summed E-state index contributed by atoms with van der Waals surface area (Å²) in [5, 5.41) is 0. The summed E-state index contributed by atoms with van der Waals surface area (Å²) < 4.78 is 14.1. The van der Waals surface area contributed by atoms with Gasteiger partial charge in [0, 0.05) is 17.0 Å². The van der Waals surface area contributed by atoms with Gasteiger partial charge in [0.15, 0.2) is 5.78 Å². The Labute approximate surface area is 113 Å². The van der Waals surface area contributed by atoms with Crippen LogP contribution in [0.5, 0.6) is 0 Å². The van der Waals surface area contributed by atoms with Gasteiger partial charge >= 0.3 is 0 Å². The van der Waals surface area contributed by atoms with Gasteiger partial charge in [-0.05, 0) is 54.0 Å². The fourth-order valence-electron chi connectivity index (χ4n) is 1.75. The van der Waals surface area contributed by atoms with E-state index in [1.54, 1.807) is 31.2 Å². The fourth-order valence-corrected chi connectivity index (χ4v) is 2.12. The van der Waals surface area contributed by atoms with Gasteiger partial charge in [-0.25, -0.2) is 4.39 Å². The molecule has 0 bridgehead atoms. The second kappa shape index (κ2) is 4.98. The van der Waals surface area contributed by atoms with Crippen LogP contribution in [0, 0.1) is 19.7 Å². The number of halogens is 2. The molecule has 92 valence electrons. The molecule has 2 nitrogen and oxygen atoms in total. The van der Waals surface area contributed by atoms with Gasteiger partial charge in [0.1, 0.15) is 5.82 Å². The third-order valence-electron chi connectivity index (χ3n) is 2.67. The first kappa shape index (κ1) is 12.9. The van der Waals surface area contributed by atoms with Crippen LogP contribution in [0.25, 0.3) is 0 Å². The van der Waals surface area contributed by atoms with E-state index in [1.807, 2.05) is 6.92 Å². The van der Waals surface area contributed by atoms with Crippen molar-refractivity contribution in [2.24, 2.45) is 0 Å². The van der Waals surface area contributed by atoms with Crippen molar-refractivity contribution in [3.8, 4) is 0 Å². The summed E-state index contributed by atoms with van der Waals surface area (Å²) in [6, 6.07) is 8.10. The number of ketones is 1. The lowest BCUT2D eigenvalue weighted by molar-refractivity contribution is 0.103. The maximum absolute atomic E-state index is 13.9. The van der Waals surface area contributed by atoms with E-state index in [0.717, 1.165) is 5.69 Å². The average Bonchev–Trinajstić information content (AvgIpc) is 2.32. The quantitative estimate of drug-likeness (QED) is 0.789. The second-order valence-corrected chi connectivity index (χ2v) is 4.87. The number of carbonyl (C=O) groups is 1. The predicted molar refractivity (Wildman–Crippen MR) is 71.2 cm³/mol. The first-order valence-electron chi connectivity index (χ1n) is 5.43. The van der Waals surface area contributed by atoms with Crippen LogP contribution in [-0.4, -0.2) is 10.8 Å². The van der Waals surface area contributed by atoms with Gasteiger partial charge in [0.05, 0.1) is 10.0 Å². The standard InChI is InChI=1S/C14H11BrFNO/c1-8-6-7-10(9(2)17-8)14(18)11-4-3-5-12(15)13(11)16/h3-7H,1-2H3. The molecule has 2 rings (SSSR count). The van der Waals surface area contributed by atoms with Crippen LogP contribution in [0.2, 0.25) is 0 Å². The number of aryl methyl sites for hydroxylation is 2. The van der Waals surface area contributed by atoms with E-state index in [4.69, 9.17) is 0 Å². The van der Waals surface area contributed by atoms with Crippen molar-refractivity contribution in [2.75, 3.05) is 0 Å². The van der Waals surface area contributed by atoms with Gasteiger partial charge in [-0.1, -0.05) is 6.07 Å². The van der Waals surface area contributed by atoms with Gasteiger partial charge in [0.2, 0.25) is 0 Å². The number of carbonyl (C=O) groups excluding carboxylic acids is 1. The molecule has 18 heavy (non-hydrogen) atoms. The Morgan fingerprint density at radius 2 is 1.89 bits per heavy atom. The molecule has 0 aliphatic heterocycles. The molecule has 1 heterocycles. The minimum absolute atomic E-state index is 0.0538. The van der Waals surface area contributed by atoms with E-state index < -0.39 is 5.82 Å². The molecule has 0 aliphatic carbocycles. The molecule has 0 fully saturated rings. The highest BCUT2D eigenvalue weighted by Crippen LogP contribution is 2.22. The summed E-state index contributed by atoms with van der Waals surface area (Å²) in [7, 11) is 0. The number of benzene rings is 1. The van der Waals surface area contributed by atoms with Crippen molar-refractivity contribution >= 4 is 21.7 Å². The van der Waals surface area contributed by atoms with Crippen molar-refractivity contribution in [3.05, 3.63) is 63.1 Å². The Kier molecular flexibility index (Phi) is 3.57. The zero-order valence-electron chi connectivity index (χ0n) is 10.00. The smallest absolute Gasteiger partial charge is 0.197 e. The SMILES string of the molecule is Cc1ccc(C(=O)c2cccc(Br)c2F)c(C)n1. The molecule has 2 aromatic rings. The van der Waals surface area contributed by atoms with Gasteiger partial charge in [-0.2, -0.15) is 0 Å². The second-order valence-electron chi connectivity index (χ2n) is 4.02.